The highest BCUT2D eigenvalue weighted by atomic mass is 16.8. The molecule has 6 aliphatic heterocycles. The van der Waals surface area contributed by atoms with Gasteiger partial charge >= 0.3 is 5.97 Å². The van der Waals surface area contributed by atoms with Crippen LogP contribution in [0.4, 0.5) is 0 Å². The largest absolute Gasteiger partial charge is 0.432 e. The van der Waals surface area contributed by atoms with E-state index >= 15 is 4.79 Å². The average molecular weight is 1340 g/mol. The predicted octanol–water partition coefficient (Wildman–Crippen LogP) is -4.47. The number of hydrogen-bond donors (Lipinski definition) is 17. The van der Waals surface area contributed by atoms with Crippen molar-refractivity contribution in [3.8, 4) is 0 Å². The molecule has 0 aromatic carbocycles. The SMILES string of the molecule is CC1OC(OC2C(OC3CCC4(C)C(CCC5(C)C4CC=C4C6CC(C)(C)CCC6(C(=O)OC6OC(COC7OC(CO)C(OC8OCC(O)C(O)C8O)C(O)C7O)C(O)C(O)C6O)CCC45C)C3(C)CO)OCC(O)C2O)C(O)C(OC2OCC(O)C(O)C2O)C1O. The van der Waals surface area contributed by atoms with Gasteiger partial charge in [-0.2, -0.15) is 0 Å². The monoisotopic (exact) mass is 1340 g/mol. The number of allylic oxidation sites excluding steroid dienone is 2. The summed E-state index contributed by atoms with van der Waals surface area (Å²) in [6, 6.07) is 0. The van der Waals surface area contributed by atoms with Crippen LogP contribution in [0.25, 0.3) is 0 Å². The van der Waals surface area contributed by atoms with Gasteiger partial charge < -0.3 is 144 Å². The minimum atomic E-state index is -1.92. The summed E-state index contributed by atoms with van der Waals surface area (Å²) in [5.74, 6) is -1.01. The topological polar surface area (TPSA) is 472 Å². The summed E-state index contributed by atoms with van der Waals surface area (Å²) in [5, 5.41) is 185. The Labute approximate surface area is 539 Å². The number of esters is 1. The van der Waals surface area contributed by atoms with E-state index in [4.69, 9.17) is 56.8 Å². The second-order valence-corrected chi connectivity index (χ2v) is 30.4. The summed E-state index contributed by atoms with van der Waals surface area (Å²) in [6.07, 6.45) is -36.2. The van der Waals surface area contributed by atoms with E-state index in [1.807, 2.05) is 6.92 Å². The predicted molar refractivity (Wildman–Crippen MR) is 310 cm³/mol. The van der Waals surface area contributed by atoms with E-state index in [9.17, 15) is 86.8 Å². The van der Waals surface area contributed by atoms with E-state index in [1.54, 1.807) is 0 Å². The molecule has 30 nitrogen and oxygen atoms in total. The fourth-order valence-electron chi connectivity index (χ4n) is 18.5. The molecule has 534 valence electrons. The Bertz CT molecular complexity index is 2610. The molecule has 6 heterocycles. The standard InChI is InChI=1S/C63H102O30/c1-25-36(69)49(91-53-44(77)38(71)29(67)21-83-53)47(80)55(86-25)92-50-39(72)30(68)22-84-56(50)89-35-11-12-59(4)33(60(35,5)24-65)10-13-62(7)34(59)9-8-26-27-18-58(2,3)14-16-63(27,17-15-61(26,62)6)57(81)93-54-45(78)41(74)40(73)32(88-54)23-85-51-46(79)42(75)48(31(19-64)87-51)90-52-43(76)37(70)28(66)20-82-52/h8,25,27-56,64-80H,9-24H2,1-7H3. The molecule has 93 heavy (non-hydrogen) atoms. The van der Waals surface area contributed by atoms with Crippen LogP contribution in [0.2, 0.25) is 0 Å². The van der Waals surface area contributed by atoms with Gasteiger partial charge in [0.25, 0.3) is 0 Å². The number of aliphatic hydroxyl groups excluding tert-OH is 17. The van der Waals surface area contributed by atoms with Gasteiger partial charge in [0.1, 0.15) is 122 Å². The van der Waals surface area contributed by atoms with Gasteiger partial charge in [-0.05, 0) is 111 Å². The molecule has 0 radical (unpaired) electrons. The Hall–Kier alpha value is -1.91. The zero-order valence-corrected chi connectivity index (χ0v) is 53.7. The molecule has 0 aromatic heterocycles. The van der Waals surface area contributed by atoms with Crippen LogP contribution in [0.3, 0.4) is 0 Å². The highest BCUT2D eigenvalue weighted by molar-refractivity contribution is 5.79. The Morgan fingerprint density at radius 2 is 1.09 bits per heavy atom. The lowest BCUT2D eigenvalue weighted by Gasteiger charge is -2.71. The summed E-state index contributed by atoms with van der Waals surface area (Å²) >= 11 is 0. The Kier molecular flexibility index (Phi) is 21.2. The lowest BCUT2D eigenvalue weighted by atomic mass is 9.33. The number of fused-ring (bicyclic) bond motifs is 7. The fourth-order valence-corrected chi connectivity index (χ4v) is 18.5. The quantitative estimate of drug-likeness (QED) is 0.0418. The summed E-state index contributed by atoms with van der Waals surface area (Å²) in [4.78, 5) is 15.3. The van der Waals surface area contributed by atoms with E-state index in [0.29, 0.717) is 57.8 Å². The van der Waals surface area contributed by atoms with E-state index in [2.05, 4.69) is 40.7 Å². The summed E-state index contributed by atoms with van der Waals surface area (Å²) in [6.45, 7) is 11.8. The fraction of sp³-hybridized carbons (Fsp3) is 0.952. The van der Waals surface area contributed by atoms with Crippen molar-refractivity contribution < 1.29 is 148 Å². The molecule has 11 aliphatic rings. The van der Waals surface area contributed by atoms with Crippen LogP contribution in [0.1, 0.15) is 113 Å². The van der Waals surface area contributed by atoms with Crippen molar-refractivity contribution in [2.45, 2.75) is 285 Å². The first-order valence-corrected chi connectivity index (χ1v) is 33.1. The third-order valence-electron chi connectivity index (χ3n) is 24.6. The molecular formula is C63H102O30. The lowest BCUT2D eigenvalue weighted by Crippen LogP contribution is -2.67. The molecule has 0 spiro atoms. The van der Waals surface area contributed by atoms with Crippen molar-refractivity contribution in [1.82, 2.24) is 0 Å². The van der Waals surface area contributed by atoms with Crippen molar-refractivity contribution in [2.24, 2.45) is 50.2 Å². The second kappa shape index (κ2) is 27.2. The molecule has 36 unspecified atom stereocenters. The molecule has 0 bridgehead atoms. The van der Waals surface area contributed by atoms with Crippen LogP contribution in [0, 0.1) is 50.2 Å². The zero-order chi connectivity index (χ0) is 67.6. The van der Waals surface area contributed by atoms with Gasteiger partial charge in [-0.15, -0.1) is 0 Å². The Morgan fingerprint density at radius 3 is 1.72 bits per heavy atom. The lowest BCUT2D eigenvalue weighted by molar-refractivity contribution is -0.379. The van der Waals surface area contributed by atoms with Crippen molar-refractivity contribution in [3.63, 3.8) is 0 Å². The maximum absolute atomic E-state index is 15.3. The molecule has 4 saturated carbocycles. The molecule has 0 amide bonds. The molecule has 5 aliphatic carbocycles. The van der Waals surface area contributed by atoms with Crippen LogP contribution >= 0.6 is 0 Å². The number of rotatable bonds is 15. The van der Waals surface area contributed by atoms with E-state index in [1.165, 1.54) is 6.92 Å². The first-order valence-electron chi connectivity index (χ1n) is 33.1. The highest BCUT2D eigenvalue weighted by Crippen LogP contribution is 2.76. The molecule has 0 aromatic rings. The number of carbonyl (C=O) groups is 1. The van der Waals surface area contributed by atoms with Crippen LogP contribution in [-0.2, 0) is 61.6 Å². The van der Waals surface area contributed by atoms with Crippen molar-refractivity contribution in [2.75, 3.05) is 39.6 Å². The van der Waals surface area contributed by atoms with Gasteiger partial charge in [0.05, 0.1) is 57.3 Å². The van der Waals surface area contributed by atoms with Crippen LogP contribution < -0.4 is 0 Å². The first kappa shape index (κ1) is 72.3. The molecule has 6 saturated heterocycles. The van der Waals surface area contributed by atoms with Gasteiger partial charge in [-0.25, -0.2) is 0 Å². The van der Waals surface area contributed by atoms with Crippen molar-refractivity contribution >= 4 is 5.97 Å². The zero-order valence-electron chi connectivity index (χ0n) is 53.7. The maximum atomic E-state index is 15.3. The number of ether oxygens (including phenoxy) is 12. The number of carbonyl (C=O) groups excluding carboxylic acids is 1. The normalized spacial score (nSPS) is 54.9. The molecule has 36 atom stereocenters. The van der Waals surface area contributed by atoms with Crippen molar-refractivity contribution in [1.29, 1.82) is 0 Å². The number of aliphatic hydroxyl groups is 17. The van der Waals surface area contributed by atoms with Gasteiger partial charge in [0.15, 0.2) is 31.5 Å². The molecule has 10 fully saturated rings. The summed E-state index contributed by atoms with van der Waals surface area (Å²) < 4.78 is 70.9. The minimum Gasteiger partial charge on any atom is -0.432 e. The van der Waals surface area contributed by atoms with E-state index < -0.39 is 221 Å². The van der Waals surface area contributed by atoms with Crippen LogP contribution in [0.15, 0.2) is 11.6 Å². The van der Waals surface area contributed by atoms with Gasteiger partial charge in [-0.1, -0.05) is 53.2 Å². The smallest absolute Gasteiger partial charge is 0.315 e. The van der Waals surface area contributed by atoms with E-state index in [0.717, 1.165) is 12.0 Å². The molecule has 17 N–H and O–H groups in total. The van der Waals surface area contributed by atoms with Crippen molar-refractivity contribution in [3.05, 3.63) is 11.6 Å². The van der Waals surface area contributed by atoms with Gasteiger partial charge in [0, 0.05) is 5.41 Å². The van der Waals surface area contributed by atoms with Gasteiger partial charge in [0.2, 0.25) is 6.29 Å². The summed E-state index contributed by atoms with van der Waals surface area (Å²) in [7, 11) is 0. The Morgan fingerprint density at radius 1 is 0.516 bits per heavy atom. The maximum Gasteiger partial charge on any atom is 0.315 e. The molecular weight excluding hydrogens is 1240 g/mol. The average Bonchev–Trinajstić information content (AvgIpc) is 0.676. The third-order valence-corrected chi connectivity index (χ3v) is 24.6. The molecule has 11 rings (SSSR count). The third kappa shape index (κ3) is 12.5. The first-order chi connectivity index (χ1) is 43.7. The minimum absolute atomic E-state index is 0.0757. The molecule has 30 heteroatoms. The second-order valence-electron chi connectivity index (χ2n) is 30.4. The van der Waals surface area contributed by atoms with Crippen LogP contribution in [0.5, 0.6) is 0 Å². The van der Waals surface area contributed by atoms with E-state index in [-0.39, 0.29) is 47.2 Å². The van der Waals surface area contributed by atoms with Crippen LogP contribution in [-0.4, -0.2) is 304 Å². The summed E-state index contributed by atoms with van der Waals surface area (Å²) in [5.41, 5.74) is -2.21. The highest BCUT2D eigenvalue weighted by Gasteiger charge is 2.71. The number of hydrogen-bond acceptors (Lipinski definition) is 30. The Balaban J connectivity index is 0.772. The van der Waals surface area contributed by atoms with Gasteiger partial charge in [-0.3, -0.25) is 4.79 Å².